The van der Waals surface area contributed by atoms with Crippen molar-refractivity contribution < 1.29 is 13.2 Å². The zero-order chi connectivity index (χ0) is 98.2. The molecule has 0 spiro atoms. The average molecular weight is 2020 g/mol. The maximum absolute atomic E-state index is 14.3. The highest BCUT2D eigenvalue weighted by atomic mass is 79.9. The fraction of sp³-hybridized carbons (Fsp3) is 0.321. The molecule has 0 unspecified atom stereocenters. The summed E-state index contributed by atoms with van der Waals surface area (Å²) in [5.41, 5.74) is 44.5. The van der Waals surface area contributed by atoms with E-state index in [1.54, 1.807) is 31.2 Å². The first-order valence-electron chi connectivity index (χ1n) is 47.7. The topological polar surface area (TPSA) is 257 Å². The standard InChI is InChI=1S/C28H32FN5.C26H32FN5.C19H19BrClFN4.C18H20Cl2N4.C18H21ClN4/c1-18-12-24(23-6-4-21(16-30)5-7-23)27-25(13-18)34(28(32-27)33-10-8-31-9-11-33)17-22-14-19(2)26(29)20(3)15-22;1-4-18(5-2)16-29-25-22-8-6-7-21(19-11-13-28-14-12-19)24(22)31-26(32-25)30-20-9-10-23(27)17(3)15-20;1-24-6-8-25(9-7-24)19-23-17-5-3-14(20)11-18(17)26(19)12-13-2-4-16(22)15(21)10-13;1-11-3-4-13(8-14(11)19)10-24-17-9-15(20)12(2)7-16(17)23-18(24)22-6-5-21;1-12-3-6-16-17(9-12)23(18(22-16)21-8-7-20)11-14-5-4-13(2)15(19)10-14/h4-7,12-15,31H,8-11,16-17,30H2,1-3H3;6-11,15,18,28H,4-5,12-14,16H2,1-3H3,(H2,29,30,31,32);2-5,10-11H,6-9,12H2,1H3;3-4,7-9H,5-6,10,21H2,1-2H3,(H,22,23);3-6,9-10H,7-8,11,20H2,1-2H3,(H,21,22). The zero-order valence-corrected chi connectivity index (χ0v) is 85.5. The van der Waals surface area contributed by atoms with Gasteiger partial charge in [0.25, 0.3) is 0 Å². The number of nitrogens with one attached hydrogen (secondary N) is 6. The van der Waals surface area contributed by atoms with Crippen molar-refractivity contribution in [3.8, 4) is 11.1 Å². The Morgan fingerprint density at radius 3 is 1.64 bits per heavy atom. The summed E-state index contributed by atoms with van der Waals surface area (Å²) >= 11 is 28.4. The fourth-order valence-corrected chi connectivity index (χ4v) is 18.8. The second kappa shape index (κ2) is 47.1. The van der Waals surface area contributed by atoms with Crippen molar-refractivity contribution in [3.05, 3.63) is 314 Å². The van der Waals surface area contributed by atoms with Crippen LogP contribution in [0.3, 0.4) is 0 Å². The largest absolute Gasteiger partial charge is 0.369 e. The Balaban J connectivity index is 0.000000133. The lowest BCUT2D eigenvalue weighted by molar-refractivity contribution is 0.310. The van der Waals surface area contributed by atoms with Gasteiger partial charge < -0.3 is 82.1 Å². The average Bonchev–Trinajstić information content (AvgIpc) is 1.65. The minimum Gasteiger partial charge on any atom is -0.369 e. The third kappa shape index (κ3) is 25.0. The number of anilines is 7. The van der Waals surface area contributed by atoms with E-state index in [2.05, 4.69) is 219 Å². The number of benzene rings is 11. The maximum Gasteiger partial charge on any atom is 0.229 e. The number of likely N-dealkylation sites (N-methyl/N-ethyl adjacent to an activating group) is 1. The molecule has 0 bridgehead atoms. The van der Waals surface area contributed by atoms with Gasteiger partial charge in [-0.05, 0) is 268 Å². The minimum absolute atomic E-state index is 0.124. The second-order valence-corrected chi connectivity index (χ2v) is 38.7. The third-order valence-electron chi connectivity index (χ3n) is 25.7. The molecule has 16 aromatic rings. The van der Waals surface area contributed by atoms with Crippen molar-refractivity contribution in [2.45, 2.75) is 121 Å². The lowest BCUT2D eigenvalue weighted by Gasteiger charge is -2.33. The van der Waals surface area contributed by atoms with Crippen LogP contribution in [0.25, 0.3) is 71.7 Å². The molecular weight excluding hydrogens is 1900 g/mol. The smallest absolute Gasteiger partial charge is 0.229 e. The van der Waals surface area contributed by atoms with E-state index in [-0.39, 0.29) is 16.7 Å². The Hall–Kier alpha value is -11.6. The van der Waals surface area contributed by atoms with Crippen molar-refractivity contribution >= 4 is 164 Å². The molecule has 5 aromatic heterocycles. The first kappa shape index (κ1) is 102. The highest BCUT2D eigenvalue weighted by Gasteiger charge is 2.27. The summed E-state index contributed by atoms with van der Waals surface area (Å²) in [6.45, 7) is 35.9. The molecule has 30 heteroatoms. The van der Waals surface area contributed by atoms with Gasteiger partial charge in [0.05, 0.1) is 80.9 Å². The van der Waals surface area contributed by atoms with Crippen LogP contribution in [0.2, 0.25) is 20.1 Å². The molecule has 3 aliphatic rings. The molecule has 19 rings (SSSR count). The van der Waals surface area contributed by atoms with Crippen LogP contribution in [0.5, 0.6) is 0 Å². The van der Waals surface area contributed by atoms with Crippen LogP contribution in [0.1, 0.15) is 111 Å². The summed E-state index contributed by atoms with van der Waals surface area (Å²) < 4.78 is 51.4. The highest BCUT2D eigenvalue weighted by molar-refractivity contribution is 9.10. The van der Waals surface area contributed by atoms with Crippen LogP contribution >= 0.6 is 62.3 Å². The Labute approximate surface area is 840 Å². The number of aryl methyl sites for hydroxylation is 8. The predicted molar refractivity (Wildman–Crippen MR) is 577 cm³/mol. The molecule has 0 saturated carbocycles. The Bertz CT molecular complexity index is 7030. The first-order valence-corrected chi connectivity index (χ1v) is 50.0. The van der Waals surface area contributed by atoms with Gasteiger partial charge in [-0.25, -0.2) is 38.1 Å². The van der Waals surface area contributed by atoms with Gasteiger partial charge in [-0.3, -0.25) is 0 Å². The molecule has 8 heterocycles. The molecule has 2 saturated heterocycles. The molecule has 0 aliphatic carbocycles. The number of imidazole rings is 4. The number of nitrogens with two attached hydrogens (primary N) is 3. The maximum atomic E-state index is 14.3. The number of para-hydroxylation sites is 1. The van der Waals surface area contributed by atoms with E-state index in [9.17, 15) is 13.2 Å². The number of rotatable bonds is 26. The number of fused-ring (bicyclic) bond motifs is 5. The number of nitrogens with zero attached hydrogens (tertiary/aromatic N) is 13. The summed E-state index contributed by atoms with van der Waals surface area (Å²) in [6, 6.07) is 61.6. The molecule has 0 radical (unpaired) electrons. The van der Waals surface area contributed by atoms with Gasteiger partial charge in [-0.1, -0.05) is 180 Å². The Morgan fingerprint density at radius 2 is 1.01 bits per heavy atom. The summed E-state index contributed by atoms with van der Waals surface area (Å²) in [5.74, 6) is 4.75. The van der Waals surface area contributed by atoms with Crippen molar-refractivity contribution in [3.63, 3.8) is 0 Å². The van der Waals surface area contributed by atoms with Gasteiger partial charge in [-0.15, -0.1) is 0 Å². The van der Waals surface area contributed by atoms with E-state index >= 15 is 0 Å². The van der Waals surface area contributed by atoms with Crippen LogP contribution in [-0.2, 0) is 32.7 Å². The number of hydrogen-bond acceptors (Lipinski definition) is 18. The lowest BCUT2D eigenvalue weighted by atomic mass is 9.97. The van der Waals surface area contributed by atoms with Gasteiger partial charge in [0.1, 0.15) is 23.3 Å². The van der Waals surface area contributed by atoms with E-state index in [4.69, 9.17) is 93.5 Å². The van der Waals surface area contributed by atoms with Crippen molar-refractivity contribution in [2.24, 2.45) is 23.1 Å². The van der Waals surface area contributed by atoms with Gasteiger partial charge in [0.2, 0.25) is 29.7 Å². The van der Waals surface area contributed by atoms with Crippen molar-refractivity contribution in [1.82, 2.24) is 63.7 Å². The van der Waals surface area contributed by atoms with Crippen LogP contribution in [-0.4, -0.2) is 158 Å². The molecule has 139 heavy (non-hydrogen) atoms. The van der Waals surface area contributed by atoms with E-state index in [0.717, 1.165) is 262 Å². The van der Waals surface area contributed by atoms with Crippen LogP contribution in [0.4, 0.5) is 54.4 Å². The monoisotopic (exact) mass is 2020 g/mol. The van der Waals surface area contributed by atoms with Gasteiger partial charge in [0.15, 0.2) is 0 Å². The molecule has 0 atom stereocenters. The highest BCUT2D eigenvalue weighted by Crippen LogP contribution is 2.39. The van der Waals surface area contributed by atoms with Crippen LogP contribution in [0, 0.1) is 78.8 Å². The molecule has 3 aliphatic heterocycles. The van der Waals surface area contributed by atoms with Gasteiger partial charge in [-0.2, -0.15) is 4.98 Å². The molecule has 11 aromatic carbocycles. The fourth-order valence-electron chi connectivity index (χ4n) is 17.7. The van der Waals surface area contributed by atoms with Gasteiger partial charge in [0, 0.05) is 140 Å². The predicted octanol–water partition coefficient (Wildman–Crippen LogP) is 23.2. The Morgan fingerprint density at radius 1 is 0.446 bits per heavy atom. The molecule has 2 fully saturated rings. The first-order chi connectivity index (χ1) is 67.1. The minimum atomic E-state index is -0.395. The number of aromatic nitrogens is 10. The number of hydrogen-bond donors (Lipinski definition) is 9. The quantitative estimate of drug-likeness (QED) is 0.0244. The zero-order valence-electron chi connectivity index (χ0n) is 80.9. The van der Waals surface area contributed by atoms with E-state index < -0.39 is 5.82 Å². The van der Waals surface area contributed by atoms with Crippen molar-refractivity contribution in [1.29, 1.82) is 0 Å². The molecule has 22 nitrogen and oxygen atoms in total. The Kier molecular flexibility index (Phi) is 34.5. The number of halogens is 8. The normalized spacial score (nSPS) is 13.4. The van der Waals surface area contributed by atoms with Crippen molar-refractivity contribution in [2.75, 3.05) is 136 Å². The van der Waals surface area contributed by atoms with Crippen LogP contribution in [0.15, 0.2) is 199 Å². The van der Waals surface area contributed by atoms with E-state index in [1.165, 1.54) is 28.8 Å². The van der Waals surface area contributed by atoms with Crippen LogP contribution < -0.4 is 58.9 Å². The number of piperazine rings is 2. The second-order valence-electron chi connectivity index (χ2n) is 36.2. The summed E-state index contributed by atoms with van der Waals surface area (Å²) in [7, 11) is 2.14. The summed E-state index contributed by atoms with van der Waals surface area (Å²) in [6.07, 6.45) is 5.46. The van der Waals surface area contributed by atoms with E-state index in [0.29, 0.717) is 87.5 Å². The lowest BCUT2D eigenvalue weighted by Crippen LogP contribution is -2.45. The summed E-state index contributed by atoms with van der Waals surface area (Å²) in [5, 5.41) is 23.7. The molecule has 726 valence electrons. The summed E-state index contributed by atoms with van der Waals surface area (Å²) in [4.78, 5) is 36.2. The molecule has 12 N–H and O–H groups in total. The molecule has 0 amide bonds. The third-order valence-corrected chi connectivity index (χ3v) is 27.7. The molecular formula is C109H124BrCl4F3N22. The van der Waals surface area contributed by atoms with Gasteiger partial charge >= 0.3 is 0 Å². The van der Waals surface area contributed by atoms with E-state index in [1.807, 2.05) is 89.2 Å². The SMILES string of the molecule is CCC(CC)CNc1nc(Nc2ccc(F)c(C)c2)nc2c(C3=CCNCC3)cccc12.CN1CCN(c2nc3ccc(Br)cc3n2Cc2ccc(F)c(Cl)c2)CC1.Cc1cc(-c2ccc(CN)cc2)c2nc(N3CCNCC3)n(Cc3cc(C)c(F)c(C)c3)c2c1.Cc1ccc(Cn2c(NCCN)nc3cc(C)c(Cl)cc32)cc1Cl.Cc1ccc2nc(NCCN)n(Cc3ccc(C)c(Cl)c3)c2c1.